The zero-order valence-electron chi connectivity index (χ0n) is 6.74. The van der Waals surface area contributed by atoms with Gasteiger partial charge >= 0.3 is 0 Å². The molecule has 0 radical (unpaired) electrons. The van der Waals surface area contributed by atoms with Crippen LogP contribution in [0.25, 0.3) is 0 Å². The molecule has 0 bridgehead atoms. The molecule has 0 amide bonds. The largest absolute Gasteiger partial charge is 0.320 e. The molecule has 0 aliphatic rings. The summed E-state index contributed by atoms with van der Waals surface area (Å²) in [6.45, 7) is 9.39. The van der Waals surface area contributed by atoms with Gasteiger partial charge in [-0.25, -0.2) is 0 Å². The van der Waals surface area contributed by atoms with Crippen LogP contribution >= 0.6 is 0 Å². The molecule has 0 saturated heterocycles. The van der Waals surface area contributed by atoms with E-state index in [1.807, 2.05) is 7.05 Å². The van der Waals surface area contributed by atoms with Crippen molar-refractivity contribution in [1.82, 2.24) is 5.32 Å². The third-order valence-corrected chi connectivity index (χ3v) is 1.03. The summed E-state index contributed by atoms with van der Waals surface area (Å²) in [5.74, 6) is 0. The number of nitrogens with one attached hydrogen (secondary N) is 1. The van der Waals surface area contributed by atoms with Gasteiger partial charge < -0.3 is 5.32 Å². The number of hydrogen-bond acceptors (Lipinski definition) is 1. The highest BCUT2D eigenvalue weighted by Crippen LogP contribution is 1.89. The minimum Gasteiger partial charge on any atom is -0.320 e. The van der Waals surface area contributed by atoms with Crippen molar-refractivity contribution in [3.8, 4) is 0 Å². The Kier molecular flexibility index (Phi) is 20.0. The summed E-state index contributed by atoms with van der Waals surface area (Å²) in [5.41, 5.74) is 0. The molecule has 0 heterocycles. The van der Waals surface area contributed by atoms with Crippen LogP contribution in [-0.2, 0) is 0 Å². The second-order valence-corrected chi connectivity index (χ2v) is 1.81. The third-order valence-electron chi connectivity index (χ3n) is 1.03. The molecule has 0 aromatic heterocycles. The van der Waals surface area contributed by atoms with Crippen LogP contribution < -0.4 is 5.32 Å². The highest BCUT2D eigenvalue weighted by atomic mass is 14.8. The second kappa shape index (κ2) is 15.6. The molecule has 1 heteroatoms. The van der Waals surface area contributed by atoms with Gasteiger partial charge in [-0.3, -0.25) is 0 Å². The standard InChI is InChI=1S/C6H15N.C2H4/c1-3-4-5-6-7-2;1-2/h7H,3-6H2,1-2H3;1-2H2. The van der Waals surface area contributed by atoms with E-state index < -0.39 is 0 Å². The van der Waals surface area contributed by atoms with Crippen molar-refractivity contribution in [2.45, 2.75) is 26.2 Å². The molecule has 1 nitrogen and oxygen atoms in total. The van der Waals surface area contributed by atoms with E-state index >= 15 is 0 Å². The van der Waals surface area contributed by atoms with Crippen LogP contribution in [0.15, 0.2) is 13.2 Å². The first kappa shape index (κ1) is 11.5. The molecule has 0 unspecified atom stereocenters. The van der Waals surface area contributed by atoms with Gasteiger partial charge in [-0.1, -0.05) is 19.8 Å². The van der Waals surface area contributed by atoms with Crippen LogP contribution in [0.2, 0.25) is 0 Å². The summed E-state index contributed by atoms with van der Waals surface area (Å²) in [6.07, 6.45) is 4.01. The van der Waals surface area contributed by atoms with Crippen molar-refractivity contribution >= 4 is 0 Å². The van der Waals surface area contributed by atoms with E-state index in [0.29, 0.717) is 0 Å². The summed E-state index contributed by atoms with van der Waals surface area (Å²) in [7, 11) is 2.00. The van der Waals surface area contributed by atoms with Gasteiger partial charge in [-0.05, 0) is 20.0 Å². The Morgan fingerprint density at radius 3 is 2.11 bits per heavy atom. The fraction of sp³-hybridized carbons (Fsp3) is 0.750. The van der Waals surface area contributed by atoms with Gasteiger partial charge in [-0.15, -0.1) is 13.2 Å². The highest BCUT2D eigenvalue weighted by molar-refractivity contribution is 4.39. The fourth-order valence-electron chi connectivity index (χ4n) is 0.552. The number of hydrogen-bond donors (Lipinski definition) is 1. The van der Waals surface area contributed by atoms with Gasteiger partial charge in [0.2, 0.25) is 0 Å². The monoisotopic (exact) mass is 129 g/mol. The Bertz CT molecular complexity index is 31.5. The second-order valence-electron chi connectivity index (χ2n) is 1.81. The molecule has 0 atom stereocenters. The van der Waals surface area contributed by atoms with Gasteiger partial charge in [0.05, 0.1) is 0 Å². The van der Waals surface area contributed by atoms with Crippen molar-refractivity contribution < 1.29 is 0 Å². The van der Waals surface area contributed by atoms with Crippen LogP contribution in [0, 0.1) is 0 Å². The lowest BCUT2D eigenvalue weighted by Gasteiger charge is -1.93. The lowest BCUT2D eigenvalue weighted by Crippen LogP contribution is -2.06. The van der Waals surface area contributed by atoms with E-state index in [1.54, 1.807) is 0 Å². The van der Waals surface area contributed by atoms with Crippen molar-refractivity contribution in [3.63, 3.8) is 0 Å². The molecule has 0 saturated carbocycles. The molecule has 0 aromatic carbocycles. The summed E-state index contributed by atoms with van der Waals surface area (Å²) < 4.78 is 0. The van der Waals surface area contributed by atoms with Crippen LogP contribution in [0.5, 0.6) is 0 Å². The van der Waals surface area contributed by atoms with Crippen molar-refractivity contribution in [2.75, 3.05) is 13.6 Å². The summed E-state index contributed by atoms with van der Waals surface area (Å²) in [5, 5.41) is 3.10. The fourth-order valence-corrected chi connectivity index (χ4v) is 0.552. The first-order valence-corrected chi connectivity index (χ1v) is 3.56. The Morgan fingerprint density at radius 1 is 1.22 bits per heavy atom. The lowest BCUT2D eigenvalue weighted by atomic mass is 10.2. The lowest BCUT2D eigenvalue weighted by molar-refractivity contribution is 0.667. The molecular weight excluding hydrogens is 110 g/mol. The maximum atomic E-state index is 3.10. The zero-order valence-corrected chi connectivity index (χ0v) is 6.74. The van der Waals surface area contributed by atoms with E-state index in [9.17, 15) is 0 Å². The minimum atomic E-state index is 1.17. The SMILES string of the molecule is C=C.CCCCCNC. The van der Waals surface area contributed by atoms with Gasteiger partial charge in [0, 0.05) is 0 Å². The summed E-state index contributed by atoms with van der Waals surface area (Å²) in [4.78, 5) is 0. The van der Waals surface area contributed by atoms with Gasteiger partial charge in [-0.2, -0.15) is 0 Å². The Hall–Kier alpha value is -0.300. The molecular formula is C8H19N. The third kappa shape index (κ3) is 18.3. The Labute approximate surface area is 59.2 Å². The van der Waals surface area contributed by atoms with Gasteiger partial charge in [0.15, 0.2) is 0 Å². The molecule has 0 aromatic rings. The van der Waals surface area contributed by atoms with E-state index in [-0.39, 0.29) is 0 Å². The predicted octanol–water partition coefficient (Wildman–Crippen LogP) is 2.20. The van der Waals surface area contributed by atoms with E-state index in [0.717, 1.165) is 0 Å². The van der Waals surface area contributed by atoms with Crippen LogP contribution in [0.4, 0.5) is 0 Å². The minimum absolute atomic E-state index is 1.17. The molecule has 0 fully saturated rings. The van der Waals surface area contributed by atoms with Crippen LogP contribution in [-0.4, -0.2) is 13.6 Å². The molecule has 1 N–H and O–H groups in total. The number of unbranched alkanes of at least 4 members (excludes halogenated alkanes) is 2. The summed E-state index contributed by atoms with van der Waals surface area (Å²) in [6, 6.07) is 0. The maximum absolute atomic E-state index is 3.10. The normalized spacial score (nSPS) is 7.78. The molecule has 0 rings (SSSR count). The Morgan fingerprint density at radius 2 is 1.78 bits per heavy atom. The Balaban J connectivity index is 0. The molecule has 0 aliphatic carbocycles. The van der Waals surface area contributed by atoms with Crippen molar-refractivity contribution in [3.05, 3.63) is 13.2 Å². The van der Waals surface area contributed by atoms with Gasteiger partial charge in [0.25, 0.3) is 0 Å². The molecule has 0 aliphatic heterocycles. The summed E-state index contributed by atoms with van der Waals surface area (Å²) >= 11 is 0. The van der Waals surface area contributed by atoms with E-state index in [1.165, 1.54) is 25.8 Å². The van der Waals surface area contributed by atoms with E-state index in [4.69, 9.17) is 0 Å². The average molecular weight is 129 g/mol. The van der Waals surface area contributed by atoms with Gasteiger partial charge in [0.1, 0.15) is 0 Å². The predicted molar refractivity (Wildman–Crippen MR) is 44.7 cm³/mol. The number of rotatable bonds is 4. The van der Waals surface area contributed by atoms with Crippen LogP contribution in [0.3, 0.4) is 0 Å². The highest BCUT2D eigenvalue weighted by Gasteiger charge is 1.78. The first-order chi connectivity index (χ1) is 4.41. The van der Waals surface area contributed by atoms with Crippen molar-refractivity contribution in [1.29, 1.82) is 0 Å². The zero-order chi connectivity index (χ0) is 7.54. The molecule has 56 valence electrons. The topological polar surface area (TPSA) is 12.0 Å². The van der Waals surface area contributed by atoms with Crippen LogP contribution in [0.1, 0.15) is 26.2 Å². The molecule has 0 spiro atoms. The van der Waals surface area contributed by atoms with E-state index in [2.05, 4.69) is 25.4 Å². The first-order valence-electron chi connectivity index (χ1n) is 3.56. The molecule has 9 heavy (non-hydrogen) atoms. The van der Waals surface area contributed by atoms with Crippen molar-refractivity contribution in [2.24, 2.45) is 0 Å². The maximum Gasteiger partial charge on any atom is -0.00519 e. The smallest absolute Gasteiger partial charge is 0.00519 e. The average Bonchev–Trinajstić information content (AvgIpc) is 1.94. The quantitative estimate of drug-likeness (QED) is 0.453.